The fourth-order valence-corrected chi connectivity index (χ4v) is 4.40. The van der Waals surface area contributed by atoms with Gasteiger partial charge in [-0.25, -0.2) is 0 Å². The van der Waals surface area contributed by atoms with Gasteiger partial charge in [-0.3, -0.25) is 19.2 Å². The Bertz CT molecular complexity index is 782. The zero-order chi connectivity index (χ0) is 31.8. The molecule has 0 rings (SSSR count). The van der Waals surface area contributed by atoms with Crippen LogP contribution in [0.2, 0.25) is 0 Å². The van der Waals surface area contributed by atoms with E-state index in [1.165, 1.54) is 0 Å². The zero-order valence-electron chi connectivity index (χ0n) is 25.5. The maximum absolute atomic E-state index is 12.0. The number of unbranched alkanes of at least 4 members (excludes halogenated alkanes) is 8. The molecule has 0 aromatic rings. The number of thiol groups is 2. The summed E-state index contributed by atoms with van der Waals surface area (Å²) in [6, 6.07) is -0.973. The first kappa shape index (κ1) is 41.7. The molecule has 0 spiro atoms. The standard InChI is InChI=1S/2C14H26N4O2S/c2*1-2-3-4-5-8-13(19)12(11-21)17-14(20)9-6-7-10-16-18-15/h2*12,21H,2-11H2,1H3,(H,17,20). The SMILES string of the molecule is CCCCCCC(=O)C(CS)NC(=O)CCCCN=[N+]=[N-].CCCCCCC(=O)C(CS)NC(=O)CCCCN=[N+]=[N-]. The second kappa shape index (κ2) is 31.5. The number of hydrogen-bond donors (Lipinski definition) is 4. The Labute approximate surface area is 262 Å². The number of amides is 2. The van der Waals surface area contributed by atoms with Gasteiger partial charge in [-0.05, 0) is 49.6 Å². The van der Waals surface area contributed by atoms with Crippen molar-refractivity contribution < 1.29 is 19.2 Å². The van der Waals surface area contributed by atoms with Crippen LogP contribution in [0.3, 0.4) is 0 Å². The third kappa shape index (κ3) is 26.5. The van der Waals surface area contributed by atoms with Crippen LogP contribution in [0.15, 0.2) is 10.2 Å². The van der Waals surface area contributed by atoms with E-state index in [-0.39, 0.29) is 23.4 Å². The molecule has 2 unspecified atom stereocenters. The van der Waals surface area contributed by atoms with Crippen LogP contribution in [0.25, 0.3) is 20.9 Å². The quantitative estimate of drug-likeness (QED) is 0.0268. The molecule has 42 heavy (non-hydrogen) atoms. The average Bonchev–Trinajstić information content (AvgIpc) is 2.98. The number of Topliss-reactive ketones (excluding diaryl/α,β-unsaturated/α-hetero) is 2. The number of carbonyl (C=O) groups is 4. The van der Waals surface area contributed by atoms with Crippen molar-refractivity contribution in [3.63, 3.8) is 0 Å². The summed E-state index contributed by atoms with van der Waals surface area (Å²) in [5.41, 5.74) is 16.2. The highest BCUT2D eigenvalue weighted by molar-refractivity contribution is 7.80. The minimum Gasteiger partial charge on any atom is -0.345 e. The summed E-state index contributed by atoms with van der Waals surface area (Å²) in [5.74, 6) is 0.495. The number of ketones is 2. The molecule has 0 bridgehead atoms. The molecule has 12 nitrogen and oxygen atoms in total. The predicted molar refractivity (Wildman–Crippen MR) is 175 cm³/mol. The van der Waals surface area contributed by atoms with Gasteiger partial charge < -0.3 is 10.6 Å². The highest BCUT2D eigenvalue weighted by Crippen LogP contribution is 2.08. The minimum atomic E-state index is -0.486. The van der Waals surface area contributed by atoms with Gasteiger partial charge in [0.25, 0.3) is 0 Å². The average molecular weight is 629 g/mol. The highest BCUT2D eigenvalue weighted by Gasteiger charge is 2.19. The van der Waals surface area contributed by atoms with E-state index < -0.39 is 12.1 Å². The molecule has 0 aliphatic heterocycles. The maximum atomic E-state index is 12.0. The van der Waals surface area contributed by atoms with Gasteiger partial charge in [-0.1, -0.05) is 62.6 Å². The van der Waals surface area contributed by atoms with Gasteiger partial charge in [0, 0.05) is 60.1 Å². The number of nitrogens with one attached hydrogen (secondary N) is 2. The predicted octanol–water partition coefficient (Wildman–Crippen LogP) is 6.84. The van der Waals surface area contributed by atoms with Gasteiger partial charge in [0.2, 0.25) is 11.8 Å². The van der Waals surface area contributed by atoms with Crippen LogP contribution in [-0.2, 0) is 19.2 Å². The van der Waals surface area contributed by atoms with Crippen molar-refractivity contribution in [1.82, 2.24) is 10.6 Å². The molecule has 0 fully saturated rings. The second-order valence-corrected chi connectivity index (χ2v) is 10.7. The van der Waals surface area contributed by atoms with Gasteiger partial charge in [0.15, 0.2) is 11.6 Å². The lowest BCUT2D eigenvalue weighted by molar-refractivity contribution is -0.127. The molecule has 14 heteroatoms. The Kier molecular flexibility index (Phi) is 31.3. The third-order valence-electron chi connectivity index (χ3n) is 6.32. The van der Waals surface area contributed by atoms with Crippen molar-refractivity contribution in [3.05, 3.63) is 20.9 Å². The normalized spacial score (nSPS) is 11.5. The zero-order valence-corrected chi connectivity index (χ0v) is 27.3. The van der Waals surface area contributed by atoms with Crippen molar-refractivity contribution in [2.75, 3.05) is 24.6 Å². The van der Waals surface area contributed by atoms with Crippen LogP contribution in [0.1, 0.15) is 117 Å². The summed E-state index contributed by atoms with van der Waals surface area (Å²) in [6.07, 6.45) is 12.7. The van der Waals surface area contributed by atoms with Crippen molar-refractivity contribution in [2.45, 2.75) is 129 Å². The molecule has 0 saturated heterocycles. The van der Waals surface area contributed by atoms with E-state index in [4.69, 9.17) is 11.1 Å². The highest BCUT2D eigenvalue weighted by atomic mass is 32.1. The van der Waals surface area contributed by atoms with Gasteiger partial charge >= 0.3 is 0 Å². The summed E-state index contributed by atoms with van der Waals surface area (Å²) in [5, 5.41) is 12.3. The third-order valence-corrected chi connectivity index (χ3v) is 7.05. The molecule has 0 radical (unpaired) electrons. The lowest BCUT2D eigenvalue weighted by atomic mass is 10.1. The van der Waals surface area contributed by atoms with E-state index in [2.05, 4.69) is 69.8 Å². The van der Waals surface area contributed by atoms with Crippen LogP contribution < -0.4 is 10.6 Å². The molecular weight excluding hydrogens is 576 g/mol. The van der Waals surface area contributed by atoms with E-state index in [0.29, 0.717) is 76.0 Å². The van der Waals surface area contributed by atoms with Crippen LogP contribution in [-0.4, -0.2) is 60.1 Å². The summed E-state index contributed by atoms with van der Waals surface area (Å²) in [6.45, 7) is 5.05. The van der Waals surface area contributed by atoms with E-state index in [0.717, 1.165) is 51.4 Å². The summed E-state index contributed by atoms with van der Waals surface area (Å²) in [4.78, 5) is 52.7. The van der Waals surface area contributed by atoms with E-state index >= 15 is 0 Å². The Balaban J connectivity index is 0. The van der Waals surface area contributed by atoms with E-state index in [9.17, 15) is 19.2 Å². The Morgan fingerprint density at radius 1 is 0.595 bits per heavy atom. The molecular formula is C28H52N8O4S2. The van der Waals surface area contributed by atoms with Crippen LogP contribution in [0.4, 0.5) is 0 Å². The molecule has 0 aliphatic carbocycles. The lowest BCUT2D eigenvalue weighted by Gasteiger charge is -2.15. The summed E-state index contributed by atoms with van der Waals surface area (Å²) >= 11 is 8.28. The molecule has 0 aliphatic rings. The van der Waals surface area contributed by atoms with E-state index in [1.54, 1.807) is 0 Å². The fourth-order valence-electron chi connectivity index (χ4n) is 3.81. The molecule has 240 valence electrons. The van der Waals surface area contributed by atoms with Gasteiger partial charge in [0.05, 0.1) is 12.1 Å². The van der Waals surface area contributed by atoms with Crippen LogP contribution in [0, 0.1) is 0 Å². The number of azide groups is 2. The first-order valence-corrected chi connectivity index (χ1v) is 16.4. The largest absolute Gasteiger partial charge is 0.345 e. The van der Waals surface area contributed by atoms with Gasteiger partial charge in [-0.2, -0.15) is 25.3 Å². The van der Waals surface area contributed by atoms with Crippen LogP contribution >= 0.6 is 25.3 Å². The minimum absolute atomic E-state index is 0.0588. The fraction of sp³-hybridized carbons (Fsp3) is 0.857. The smallest absolute Gasteiger partial charge is 0.220 e. The second-order valence-electron chi connectivity index (χ2n) is 9.98. The van der Waals surface area contributed by atoms with Crippen molar-refractivity contribution >= 4 is 48.6 Å². The Hall–Kier alpha value is -2.40. The number of nitrogens with zero attached hydrogens (tertiary/aromatic N) is 6. The molecule has 0 saturated carbocycles. The monoisotopic (exact) mass is 628 g/mol. The lowest BCUT2D eigenvalue weighted by Crippen LogP contribution is -2.42. The topological polar surface area (TPSA) is 190 Å². The first-order chi connectivity index (χ1) is 20.3. The summed E-state index contributed by atoms with van der Waals surface area (Å²) < 4.78 is 0. The van der Waals surface area contributed by atoms with Gasteiger partial charge in [-0.15, -0.1) is 0 Å². The molecule has 2 amide bonds. The van der Waals surface area contributed by atoms with Crippen molar-refractivity contribution in [3.8, 4) is 0 Å². The number of rotatable bonds is 26. The molecule has 0 aromatic carbocycles. The molecule has 0 aromatic heterocycles. The molecule has 2 atom stereocenters. The maximum Gasteiger partial charge on any atom is 0.220 e. The Morgan fingerprint density at radius 2 is 0.952 bits per heavy atom. The van der Waals surface area contributed by atoms with Gasteiger partial charge in [0.1, 0.15) is 0 Å². The van der Waals surface area contributed by atoms with Crippen molar-refractivity contribution in [1.29, 1.82) is 0 Å². The Morgan fingerprint density at radius 3 is 1.26 bits per heavy atom. The van der Waals surface area contributed by atoms with Crippen molar-refractivity contribution in [2.24, 2.45) is 10.2 Å². The molecule has 2 N–H and O–H groups in total. The summed E-state index contributed by atoms with van der Waals surface area (Å²) in [7, 11) is 0. The molecule has 0 heterocycles. The number of carbonyl (C=O) groups excluding carboxylic acids is 4. The first-order valence-electron chi connectivity index (χ1n) is 15.2. The van der Waals surface area contributed by atoms with Crippen LogP contribution in [0.5, 0.6) is 0 Å². The van der Waals surface area contributed by atoms with E-state index in [1.807, 2.05) is 0 Å². The number of hydrogen-bond acceptors (Lipinski definition) is 8.